The molecule has 0 spiro atoms. The maximum Gasteiger partial charge on any atom is 0.315 e. The summed E-state index contributed by atoms with van der Waals surface area (Å²) in [5.74, 6) is 0. The van der Waals surface area contributed by atoms with Gasteiger partial charge in [-0.2, -0.15) is 0 Å². The summed E-state index contributed by atoms with van der Waals surface area (Å²) in [6.45, 7) is 9.99. The monoisotopic (exact) mass is 187 g/mol. The van der Waals surface area contributed by atoms with E-state index in [0.29, 0.717) is 6.54 Å². The molecule has 78 valence electrons. The average Bonchev–Trinajstić information content (AvgIpc) is 1.81. The number of amides is 2. The predicted molar refractivity (Wildman–Crippen MR) is 54.6 cm³/mol. The third kappa shape index (κ3) is 6.40. The van der Waals surface area contributed by atoms with Gasteiger partial charge in [0.05, 0.1) is 0 Å². The molecule has 4 heteroatoms. The van der Waals surface area contributed by atoms with Crippen LogP contribution in [0.2, 0.25) is 0 Å². The molecule has 0 aromatic heterocycles. The van der Waals surface area contributed by atoms with Gasteiger partial charge in [-0.15, -0.1) is 0 Å². The first kappa shape index (κ1) is 12.2. The number of carbonyl (C=O) groups excluding carboxylic acids is 1. The van der Waals surface area contributed by atoms with Crippen LogP contribution in [-0.4, -0.2) is 23.7 Å². The Kier molecular flexibility index (Phi) is 3.72. The van der Waals surface area contributed by atoms with E-state index >= 15 is 0 Å². The third-order valence-electron chi connectivity index (χ3n) is 1.45. The van der Waals surface area contributed by atoms with E-state index in [0.717, 1.165) is 0 Å². The van der Waals surface area contributed by atoms with E-state index in [1.54, 1.807) is 0 Å². The number of nitrogens with one attached hydrogen (secondary N) is 2. The second kappa shape index (κ2) is 3.96. The Hall–Kier alpha value is -0.770. The van der Waals surface area contributed by atoms with Crippen LogP contribution in [0.15, 0.2) is 0 Å². The van der Waals surface area contributed by atoms with Crippen molar-refractivity contribution in [2.24, 2.45) is 5.73 Å². The van der Waals surface area contributed by atoms with Crippen LogP contribution in [0.5, 0.6) is 0 Å². The van der Waals surface area contributed by atoms with E-state index in [9.17, 15) is 4.79 Å². The topological polar surface area (TPSA) is 67.2 Å². The van der Waals surface area contributed by atoms with E-state index < -0.39 is 0 Å². The summed E-state index contributed by atoms with van der Waals surface area (Å²) in [5.41, 5.74) is 4.91. The Bertz CT molecular complexity index is 182. The lowest BCUT2D eigenvalue weighted by molar-refractivity contribution is 0.221. The lowest BCUT2D eigenvalue weighted by Crippen LogP contribution is -2.55. The Morgan fingerprint density at radius 3 is 1.92 bits per heavy atom. The Morgan fingerprint density at radius 1 is 1.15 bits per heavy atom. The second-order valence-corrected chi connectivity index (χ2v) is 4.92. The number of hydrogen-bond donors (Lipinski definition) is 3. The molecule has 0 rings (SSSR count). The number of carbonyl (C=O) groups is 1. The molecular formula is C9H21N3O. The van der Waals surface area contributed by atoms with E-state index in [1.807, 2.05) is 34.6 Å². The highest BCUT2D eigenvalue weighted by Gasteiger charge is 2.20. The molecule has 13 heavy (non-hydrogen) atoms. The molecule has 4 nitrogen and oxygen atoms in total. The first-order chi connectivity index (χ1) is 5.66. The molecule has 0 aliphatic carbocycles. The molecule has 0 aromatic carbocycles. The fraction of sp³-hybridized carbons (Fsp3) is 0.889. The standard InChI is InChI=1S/C9H21N3O/c1-8(2,3)11-7(13)12-9(4,5)6-10/h6,10H2,1-5H3,(H2,11,12,13). The van der Waals surface area contributed by atoms with Crippen LogP contribution in [-0.2, 0) is 0 Å². The second-order valence-electron chi connectivity index (χ2n) is 4.92. The number of urea groups is 1. The zero-order chi connectivity index (χ0) is 10.7. The maximum absolute atomic E-state index is 11.4. The molecule has 0 aliphatic rings. The smallest absolute Gasteiger partial charge is 0.315 e. The summed E-state index contributed by atoms with van der Waals surface area (Å²) < 4.78 is 0. The van der Waals surface area contributed by atoms with E-state index in [-0.39, 0.29) is 17.1 Å². The van der Waals surface area contributed by atoms with Crippen molar-refractivity contribution in [3.63, 3.8) is 0 Å². The molecular weight excluding hydrogens is 166 g/mol. The highest BCUT2D eigenvalue weighted by Crippen LogP contribution is 2.01. The number of nitrogens with two attached hydrogens (primary N) is 1. The van der Waals surface area contributed by atoms with Gasteiger partial charge in [0.1, 0.15) is 0 Å². The van der Waals surface area contributed by atoms with Crippen molar-refractivity contribution in [2.75, 3.05) is 6.54 Å². The molecule has 0 atom stereocenters. The van der Waals surface area contributed by atoms with Crippen molar-refractivity contribution in [1.29, 1.82) is 0 Å². The van der Waals surface area contributed by atoms with E-state index in [2.05, 4.69) is 10.6 Å². The fourth-order valence-corrected chi connectivity index (χ4v) is 0.730. The summed E-state index contributed by atoms with van der Waals surface area (Å²) >= 11 is 0. The van der Waals surface area contributed by atoms with Gasteiger partial charge in [-0.05, 0) is 34.6 Å². The predicted octanol–water partition coefficient (Wildman–Crippen LogP) is 0.821. The first-order valence-corrected chi connectivity index (χ1v) is 4.47. The van der Waals surface area contributed by atoms with Crippen LogP contribution in [0.25, 0.3) is 0 Å². The quantitative estimate of drug-likeness (QED) is 0.599. The molecule has 0 fully saturated rings. The largest absolute Gasteiger partial charge is 0.334 e. The summed E-state index contributed by atoms with van der Waals surface area (Å²) in [4.78, 5) is 11.4. The van der Waals surface area contributed by atoms with Crippen molar-refractivity contribution in [2.45, 2.75) is 45.7 Å². The van der Waals surface area contributed by atoms with Gasteiger partial charge in [0.15, 0.2) is 0 Å². The molecule has 0 bridgehead atoms. The van der Waals surface area contributed by atoms with Crippen LogP contribution in [0, 0.1) is 0 Å². The minimum atomic E-state index is -0.352. The fourth-order valence-electron chi connectivity index (χ4n) is 0.730. The van der Waals surface area contributed by atoms with Gasteiger partial charge in [0, 0.05) is 17.6 Å². The molecule has 0 heterocycles. The molecule has 0 radical (unpaired) electrons. The van der Waals surface area contributed by atoms with Crippen LogP contribution >= 0.6 is 0 Å². The molecule has 4 N–H and O–H groups in total. The molecule has 0 aromatic rings. The lowest BCUT2D eigenvalue weighted by atomic mass is 10.1. The minimum Gasteiger partial charge on any atom is -0.334 e. The van der Waals surface area contributed by atoms with Crippen molar-refractivity contribution < 1.29 is 4.79 Å². The Balaban J connectivity index is 4.03. The maximum atomic E-state index is 11.4. The molecule has 0 saturated carbocycles. The van der Waals surface area contributed by atoms with Gasteiger partial charge < -0.3 is 16.4 Å². The number of hydrogen-bond acceptors (Lipinski definition) is 2. The molecule has 0 saturated heterocycles. The summed E-state index contributed by atoms with van der Waals surface area (Å²) in [7, 11) is 0. The van der Waals surface area contributed by atoms with Crippen LogP contribution < -0.4 is 16.4 Å². The minimum absolute atomic E-state index is 0.178. The normalized spacial score (nSPS) is 12.5. The van der Waals surface area contributed by atoms with Crippen molar-refractivity contribution >= 4 is 6.03 Å². The average molecular weight is 187 g/mol. The van der Waals surface area contributed by atoms with Crippen LogP contribution in [0.4, 0.5) is 4.79 Å². The van der Waals surface area contributed by atoms with Crippen molar-refractivity contribution in [1.82, 2.24) is 10.6 Å². The van der Waals surface area contributed by atoms with Gasteiger partial charge in [-0.25, -0.2) is 4.79 Å². The first-order valence-electron chi connectivity index (χ1n) is 4.47. The lowest BCUT2D eigenvalue weighted by Gasteiger charge is -2.28. The van der Waals surface area contributed by atoms with E-state index in [1.165, 1.54) is 0 Å². The molecule has 0 aliphatic heterocycles. The molecule has 0 unspecified atom stereocenters. The van der Waals surface area contributed by atoms with Crippen molar-refractivity contribution in [3.8, 4) is 0 Å². The number of rotatable bonds is 2. The zero-order valence-corrected chi connectivity index (χ0v) is 9.19. The van der Waals surface area contributed by atoms with E-state index in [4.69, 9.17) is 5.73 Å². The van der Waals surface area contributed by atoms with Crippen molar-refractivity contribution in [3.05, 3.63) is 0 Å². The zero-order valence-electron chi connectivity index (χ0n) is 9.19. The summed E-state index contributed by atoms with van der Waals surface area (Å²) in [6, 6.07) is -0.178. The van der Waals surface area contributed by atoms with Gasteiger partial charge in [0.25, 0.3) is 0 Å². The Labute approximate surface area is 80.3 Å². The Morgan fingerprint density at radius 2 is 1.62 bits per heavy atom. The summed E-state index contributed by atoms with van der Waals surface area (Å²) in [5, 5.41) is 5.59. The SMILES string of the molecule is CC(C)(C)NC(=O)NC(C)(C)CN. The molecule has 2 amide bonds. The van der Waals surface area contributed by atoms with Crippen LogP contribution in [0.3, 0.4) is 0 Å². The van der Waals surface area contributed by atoms with Gasteiger partial charge in [-0.3, -0.25) is 0 Å². The third-order valence-corrected chi connectivity index (χ3v) is 1.45. The van der Waals surface area contributed by atoms with Gasteiger partial charge >= 0.3 is 6.03 Å². The van der Waals surface area contributed by atoms with Gasteiger partial charge in [0.2, 0.25) is 0 Å². The highest BCUT2D eigenvalue weighted by molar-refractivity contribution is 5.75. The highest BCUT2D eigenvalue weighted by atomic mass is 16.2. The van der Waals surface area contributed by atoms with Crippen LogP contribution in [0.1, 0.15) is 34.6 Å². The van der Waals surface area contributed by atoms with Gasteiger partial charge in [-0.1, -0.05) is 0 Å². The summed E-state index contributed by atoms with van der Waals surface area (Å²) in [6.07, 6.45) is 0.